The molecular formula is C42H82O21. The number of carbonyl (C=O) groups is 2. The second-order valence-electron chi connectivity index (χ2n) is 13.9. The van der Waals surface area contributed by atoms with Crippen molar-refractivity contribution < 1.29 is 100.0 Å². The second kappa shape index (κ2) is 51.2. The summed E-state index contributed by atoms with van der Waals surface area (Å²) < 4.78 is 97.7. The highest BCUT2D eigenvalue weighted by Gasteiger charge is 2.15. The third-order valence-corrected chi connectivity index (χ3v) is 7.28. The molecule has 0 rings (SSSR count). The van der Waals surface area contributed by atoms with Crippen LogP contribution in [0.5, 0.6) is 0 Å². The highest BCUT2D eigenvalue weighted by atomic mass is 16.6. The van der Waals surface area contributed by atoms with Crippen molar-refractivity contribution in [3.05, 3.63) is 0 Å². The van der Waals surface area contributed by atoms with Crippen molar-refractivity contribution in [3.63, 3.8) is 0 Å². The Hall–Kier alpha value is -1.74. The molecule has 0 bridgehead atoms. The molecule has 0 aliphatic carbocycles. The fraction of sp³-hybridized carbons (Fsp3) is 0.952. The molecule has 0 aromatic rings. The molecule has 0 unspecified atom stereocenters. The average molecular weight is 923 g/mol. The van der Waals surface area contributed by atoms with Gasteiger partial charge >= 0.3 is 11.9 Å². The number of aliphatic carboxylic acids is 1. The Morgan fingerprint density at radius 3 is 0.556 bits per heavy atom. The van der Waals surface area contributed by atoms with Crippen LogP contribution in [0, 0.1) is 0 Å². The zero-order valence-electron chi connectivity index (χ0n) is 38.6. The van der Waals surface area contributed by atoms with E-state index in [-0.39, 0.29) is 25.4 Å². The Balaban J connectivity index is 3.10. The van der Waals surface area contributed by atoms with Gasteiger partial charge in [-0.1, -0.05) is 0 Å². The van der Waals surface area contributed by atoms with E-state index < -0.39 is 11.6 Å². The summed E-state index contributed by atoms with van der Waals surface area (Å²) in [7, 11) is 0. The van der Waals surface area contributed by atoms with Crippen LogP contribution in [-0.2, 0) is 94.9 Å². The van der Waals surface area contributed by atoms with Crippen LogP contribution in [0.4, 0.5) is 0 Å². The summed E-state index contributed by atoms with van der Waals surface area (Å²) in [6, 6.07) is 0. The summed E-state index contributed by atoms with van der Waals surface area (Å²) in [4.78, 5) is 21.9. The summed E-state index contributed by atoms with van der Waals surface area (Å²) in [6.45, 7) is 20.9. The van der Waals surface area contributed by atoms with Gasteiger partial charge in [0.15, 0.2) is 0 Å². The lowest BCUT2D eigenvalue weighted by atomic mass is 10.2. The molecule has 0 aliphatic heterocycles. The molecule has 0 amide bonds. The minimum atomic E-state index is -0.879. The quantitative estimate of drug-likeness (QED) is 0.0674. The zero-order chi connectivity index (χ0) is 45.8. The minimum absolute atomic E-state index is 0.00854. The first kappa shape index (κ1) is 61.3. The predicted molar refractivity (Wildman–Crippen MR) is 227 cm³/mol. The van der Waals surface area contributed by atoms with Gasteiger partial charge in [-0.15, -0.1) is 0 Å². The van der Waals surface area contributed by atoms with E-state index in [1.165, 1.54) is 0 Å². The number of carbonyl (C=O) groups excluding carboxylic acids is 1. The van der Waals surface area contributed by atoms with Crippen LogP contribution >= 0.6 is 0 Å². The maximum atomic E-state index is 11.6. The molecule has 0 heterocycles. The number of hydrogen-bond acceptors (Lipinski definition) is 20. The van der Waals surface area contributed by atoms with Gasteiger partial charge in [0.05, 0.1) is 237 Å². The Bertz CT molecular complexity index is 929. The first-order chi connectivity index (χ1) is 30.8. The molecule has 0 spiro atoms. The van der Waals surface area contributed by atoms with Crippen LogP contribution < -0.4 is 0 Å². The molecule has 0 aliphatic rings. The zero-order valence-corrected chi connectivity index (χ0v) is 38.6. The molecule has 21 heteroatoms. The summed E-state index contributed by atoms with van der Waals surface area (Å²) in [5.74, 6) is -1.15. The van der Waals surface area contributed by atoms with Gasteiger partial charge in [-0.05, 0) is 20.8 Å². The number of carboxylic acids is 1. The highest BCUT2D eigenvalue weighted by Crippen LogP contribution is 2.08. The molecule has 21 nitrogen and oxygen atoms in total. The first-order valence-corrected chi connectivity index (χ1v) is 22.1. The lowest BCUT2D eigenvalue weighted by Gasteiger charge is -2.19. The highest BCUT2D eigenvalue weighted by molar-refractivity contribution is 5.69. The van der Waals surface area contributed by atoms with Crippen molar-refractivity contribution in [3.8, 4) is 0 Å². The Labute approximate surface area is 375 Å². The van der Waals surface area contributed by atoms with E-state index in [1.807, 2.05) is 20.8 Å². The van der Waals surface area contributed by atoms with E-state index in [0.29, 0.717) is 218 Å². The molecule has 0 saturated heterocycles. The van der Waals surface area contributed by atoms with Crippen LogP contribution in [0.1, 0.15) is 33.6 Å². The van der Waals surface area contributed by atoms with Gasteiger partial charge in [0, 0.05) is 0 Å². The van der Waals surface area contributed by atoms with Crippen molar-refractivity contribution in [1.29, 1.82) is 0 Å². The van der Waals surface area contributed by atoms with E-state index in [2.05, 4.69) is 0 Å². The Kier molecular flexibility index (Phi) is 49.8. The molecule has 0 saturated carbocycles. The van der Waals surface area contributed by atoms with Crippen molar-refractivity contribution in [2.24, 2.45) is 0 Å². The van der Waals surface area contributed by atoms with Crippen LogP contribution in [0.2, 0.25) is 0 Å². The van der Waals surface area contributed by atoms with Crippen molar-refractivity contribution in [2.75, 3.05) is 225 Å². The molecule has 0 aromatic carbocycles. The summed E-state index contributed by atoms with van der Waals surface area (Å²) in [6.07, 6.45) is 0.216. The Morgan fingerprint density at radius 1 is 0.270 bits per heavy atom. The summed E-state index contributed by atoms with van der Waals surface area (Å²) in [5.41, 5.74) is -0.482. The number of hydrogen-bond donors (Lipinski definition) is 1. The van der Waals surface area contributed by atoms with Crippen molar-refractivity contribution >= 4 is 11.9 Å². The maximum absolute atomic E-state index is 11.6. The van der Waals surface area contributed by atoms with Gasteiger partial charge in [-0.25, -0.2) is 0 Å². The van der Waals surface area contributed by atoms with E-state index in [1.54, 1.807) is 0 Å². The standard InChI is InChI=1S/C42H82O21/c1-42(2,3)63-41(45)5-7-47-9-11-49-13-15-51-17-19-53-21-23-55-25-27-57-29-31-59-33-35-61-37-39-62-38-36-60-34-32-58-30-28-56-26-24-54-22-20-52-18-16-50-14-12-48-10-8-46-6-4-40(43)44/h4-39H2,1-3H3,(H,43,44). The Morgan fingerprint density at radius 2 is 0.413 bits per heavy atom. The van der Waals surface area contributed by atoms with Crippen LogP contribution in [0.3, 0.4) is 0 Å². The van der Waals surface area contributed by atoms with E-state index in [0.717, 1.165) is 0 Å². The first-order valence-electron chi connectivity index (χ1n) is 22.1. The third kappa shape index (κ3) is 58.2. The fourth-order valence-electron chi connectivity index (χ4n) is 4.33. The van der Waals surface area contributed by atoms with Gasteiger partial charge in [0.25, 0.3) is 0 Å². The lowest BCUT2D eigenvalue weighted by molar-refractivity contribution is -0.156. The topological polar surface area (TPSA) is 221 Å². The molecule has 376 valence electrons. The number of ether oxygens (including phenoxy) is 18. The van der Waals surface area contributed by atoms with Gasteiger partial charge in [0.2, 0.25) is 0 Å². The lowest BCUT2D eigenvalue weighted by Crippen LogP contribution is -2.24. The monoisotopic (exact) mass is 923 g/mol. The van der Waals surface area contributed by atoms with Gasteiger partial charge in [0.1, 0.15) is 5.60 Å². The summed E-state index contributed by atoms with van der Waals surface area (Å²) in [5, 5.41) is 8.51. The number of carboxylic acid groups (broad SMARTS) is 1. The molecular weight excluding hydrogens is 840 g/mol. The largest absolute Gasteiger partial charge is 0.481 e. The third-order valence-electron chi connectivity index (χ3n) is 7.28. The van der Waals surface area contributed by atoms with Gasteiger partial charge in [-0.3, -0.25) is 9.59 Å². The summed E-state index contributed by atoms with van der Waals surface area (Å²) >= 11 is 0. The smallest absolute Gasteiger partial charge is 0.308 e. The molecule has 1 N–H and O–H groups in total. The average Bonchev–Trinajstić information content (AvgIpc) is 3.24. The van der Waals surface area contributed by atoms with Crippen LogP contribution in [-0.4, -0.2) is 247 Å². The van der Waals surface area contributed by atoms with E-state index >= 15 is 0 Å². The van der Waals surface area contributed by atoms with Crippen LogP contribution in [0.15, 0.2) is 0 Å². The predicted octanol–water partition coefficient (Wildman–Crippen LogP) is 1.48. The second-order valence-corrected chi connectivity index (χ2v) is 13.9. The molecule has 63 heavy (non-hydrogen) atoms. The fourth-order valence-corrected chi connectivity index (χ4v) is 4.33. The van der Waals surface area contributed by atoms with Crippen molar-refractivity contribution in [2.45, 2.75) is 39.2 Å². The minimum Gasteiger partial charge on any atom is -0.481 e. The molecule has 0 radical (unpaired) electrons. The van der Waals surface area contributed by atoms with Crippen molar-refractivity contribution in [1.82, 2.24) is 0 Å². The van der Waals surface area contributed by atoms with Crippen LogP contribution in [0.25, 0.3) is 0 Å². The number of rotatable bonds is 54. The van der Waals surface area contributed by atoms with Gasteiger partial charge in [-0.2, -0.15) is 0 Å². The molecule has 0 aromatic heterocycles. The SMILES string of the molecule is CC(C)(C)OC(=O)CCOCCOCCOCCOCCOCCOCCOCCOCCOCCOCCOCCOCCOCCOCCOCCOCCOCCC(=O)O. The normalized spacial score (nSPS) is 11.8. The number of esters is 1. The van der Waals surface area contributed by atoms with E-state index in [9.17, 15) is 9.59 Å². The van der Waals surface area contributed by atoms with E-state index in [4.69, 9.17) is 90.4 Å². The van der Waals surface area contributed by atoms with Gasteiger partial charge < -0.3 is 90.4 Å². The maximum Gasteiger partial charge on any atom is 0.308 e. The molecule has 0 fully saturated rings. The molecule has 0 atom stereocenters.